The molecule has 0 unspecified atom stereocenters. The van der Waals surface area contributed by atoms with Crippen LogP contribution in [0.25, 0.3) is 32.0 Å². The van der Waals surface area contributed by atoms with Crippen molar-refractivity contribution in [1.29, 1.82) is 0 Å². The topological polar surface area (TPSA) is 0 Å². The zero-order valence-electron chi connectivity index (χ0n) is 16.7. The van der Waals surface area contributed by atoms with Crippen LogP contribution < -0.4 is 4.50 Å². The summed E-state index contributed by atoms with van der Waals surface area (Å²) in [6, 6.07) is 25.3. The molecule has 0 spiro atoms. The maximum absolute atomic E-state index is 2.40. The second kappa shape index (κ2) is 7.90. The first-order chi connectivity index (χ1) is 14.3. The molecule has 4 aromatic rings. The van der Waals surface area contributed by atoms with Crippen molar-refractivity contribution >= 4 is 67.4 Å². The van der Waals surface area contributed by atoms with E-state index >= 15 is 0 Å². The van der Waals surface area contributed by atoms with Crippen molar-refractivity contribution in [3.05, 3.63) is 78.4 Å². The third kappa shape index (κ3) is 3.18. The monoisotopic (exact) mass is 427 g/mol. The molecule has 2 heterocycles. The summed E-state index contributed by atoms with van der Waals surface area (Å²) in [5.74, 6) is 0. The fourth-order valence-corrected chi connectivity index (χ4v) is 9.26. The summed E-state index contributed by atoms with van der Waals surface area (Å²) < 4.78 is 1.62. The Morgan fingerprint density at radius 2 is 1.31 bits per heavy atom. The van der Waals surface area contributed by atoms with Gasteiger partial charge in [0.15, 0.2) is 0 Å². The molecule has 0 saturated heterocycles. The molecule has 0 amide bonds. The largest absolute Gasteiger partial charge is 0.145 e. The number of hydrogen-bond donors (Lipinski definition) is 0. The zero-order chi connectivity index (χ0) is 19.8. The van der Waals surface area contributed by atoms with Gasteiger partial charge >= 0.3 is 0 Å². The molecule has 0 saturated carbocycles. The molecule has 1 radical (unpaired) electrons. The molecule has 0 aliphatic carbocycles. The van der Waals surface area contributed by atoms with Crippen LogP contribution in [0.15, 0.2) is 72.8 Å². The van der Waals surface area contributed by atoms with E-state index in [4.69, 9.17) is 0 Å². The lowest BCUT2D eigenvalue weighted by molar-refractivity contribution is 1.33. The Labute approximate surface area is 181 Å². The molecular weight excluding hydrogens is 405 g/mol. The highest BCUT2D eigenvalue weighted by atomic mass is 32.1. The number of rotatable bonds is 5. The van der Waals surface area contributed by atoms with Gasteiger partial charge < -0.3 is 0 Å². The van der Waals surface area contributed by atoms with Crippen LogP contribution in [0.2, 0.25) is 12.1 Å². The molecule has 0 fully saturated rings. The molecular formula is C26H23S2Si. The van der Waals surface area contributed by atoms with Crippen LogP contribution in [0, 0.1) is 0 Å². The molecule has 29 heavy (non-hydrogen) atoms. The number of allylic oxidation sites excluding steroid dienone is 2. The highest BCUT2D eigenvalue weighted by Gasteiger charge is 2.19. The van der Waals surface area contributed by atoms with Gasteiger partial charge in [0.1, 0.15) is 0 Å². The van der Waals surface area contributed by atoms with Gasteiger partial charge in [-0.15, -0.1) is 22.3 Å². The molecule has 143 valence electrons. The molecule has 5 rings (SSSR count). The SMILES string of the molecule is CC[Si](CC)c1ccc(-c2c3ccccc3c(C3=S=CC=C3)c3ccccc23)s1. The summed E-state index contributed by atoms with van der Waals surface area (Å²) in [6.45, 7) is 4.69. The van der Waals surface area contributed by atoms with Crippen molar-refractivity contribution in [1.82, 2.24) is 0 Å². The maximum Gasteiger partial charge on any atom is 0.0987 e. The van der Waals surface area contributed by atoms with Crippen molar-refractivity contribution in [3.8, 4) is 10.4 Å². The minimum absolute atomic E-state index is 0.415. The van der Waals surface area contributed by atoms with E-state index in [0.717, 1.165) is 0 Å². The van der Waals surface area contributed by atoms with Crippen LogP contribution in [0.5, 0.6) is 0 Å². The first kappa shape index (κ1) is 18.8. The third-order valence-corrected chi connectivity index (χ3v) is 11.3. The van der Waals surface area contributed by atoms with Gasteiger partial charge in [0, 0.05) is 20.9 Å². The molecule has 1 aromatic heterocycles. The van der Waals surface area contributed by atoms with Crippen LogP contribution in [0.4, 0.5) is 0 Å². The Balaban J connectivity index is 1.86. The van der Waals surface area contributed by atoms with E-state index < -0.39 is 8.80 Å². The Hall–Kier alpha value is -2.20. The molecule has 3 aromatic carbocycles. The van der Waals surface area contributed by atoms with Gasteiger partial charge in [-0.1, -0.05) is 86.6 Å². The Bertz CT molecular complexity index is 1260. The van der Waals surface area contributed by atoms with Gasteiger partial charge in [0.25, 0.3) is 0 Å². The lowest BCUT2D eigenvalue weighted by Crippen LogP contribution is -2.24. The molecule has 3 heteroatoms. The molecule has 0 N–H and O–H groups in total. The predicted molar refractivity (Wildman–Crippen MR) is 138 cm³/mol. The van der Waals surface area contributed by atoms with E-state index in [1.54, 1.807) is 4.50 Å². The van der Waals surface area contributed by atoms with Crippen molar-refractivity contribution < 1.29 is 0 Å². The van der Waals surface area contributed by atoms with Crippen molar-refractivity contribution in [2.24, 2.45) is 0 Å². The number of thiophene rings is 1. The van der Waals surface area contributed by atoms with E-state index in [1.807, 2.05) is 22.3 Å². The first-order valence-electron chi connectivity index (χ1n) is 10.2. The average Bonchev–Trinajstić information content (AvgIpc) is 3.45. The van der Waals surface area contributed by atoms with Crippen molar-refractivity contribution in [2.45, 2.75) is 25.9 Å². The fraction of sp³-hybridized carbons (Fsp3) is 0.154. The Morgan fingerprint density at radius 3 is 1.83 bits per heavy atom. The van der Waals surface area contributed by atoms with E-state index in [9.17, 15) is 0 Å². The fourth-order valence-electron chi connectivity index (χ4n) is 4.34. The van der Waals surface area contributed by atoms with Crippen LogP contribution in [0.1, 0.15) is 19.4 Å². The molecule has 0 atom stereocenters. The summed E-state index contributed by atoms with van der Waals surface area (Å²) >= 11 is 2.02. The second-order valence-electron chi connectivity index (χ2n) is 7.29. The minimum Gasteiger partial charge on any atom is -0.145 e. The first-order valence-corrected chi connectivity index (χ1v) is 13.9. The minimum atomic E-state index is -0.415. The highest BCUT2D eigenvalue weighted by molar-refractivity contribution is 7.98. The number of fused-ring (bicyclic) bond motifs is 2. The van der Waals surface area contributed by atoms with Crippen LogP contribution in [-0.2, 0) is 0 Å². The van der Waals surface area contributed by atoms with E-state index in [2.05, 4.69) is 92.0 Å². The molecule has 1 aliphatic rings. The van der Waals surface area contributed by atoms with Crippen molar-refractivity contribution in [2.75, 3.05) is 0 Å². The van der Waals surface area contributed by atoms with Gasteiger partial charge in [-0.05, 0) is 43.6 Å². The molecule has 1 aliphatic heterocycles. The van der Waals surface area contributed by atoms with Crippen molar-refractivity contribution in [3.63, 3.8) is 0 Å². The standard InChI is InChI=1S/C26H23S2Si/c1-3-29(4-2)24-16-15-23(28-24)26-20-12-7-5-10-18(20)25(22-14-9-17-27-22)19-11-6-8-13-21(19)26/h5-17H,3-4H2,1-2H3. The summed E-state index contributed by atoms with van der Waals surface area (Å²) in [6.07, 6.45) is 4.40. The average molecular weight is 428 g/mol. The smallest absolute Gasteiger partial charge is 0.0987 e. The third-order valence-electron chi connectivity index (χ3n) is 5.75. The Kier molecular flexibility index (Phi) is 5.12. The number of benzene rings is 3. The maximum atomic E-state index is 2.40. The van der Waals surface area contributed by atoms with E-state index in [-0.39, 0.29) is 0 Å². The Morgan fingerprint density at radius 1 is 0.724 bits per heavy atom. The second-order valence-corrected chi connectivity index (χ2v) is 12.8. The number of hydrogen-bond acceptors (Lipinski definition) is 1. The van der Waals surface area contributed by atoms with E-state index in [1.165, 1.54) is 54.5 Å². The normalized spacial score (nSPS) is 13.4. The lowest BCUT2D eigenvalue weighted by Gasteiger charge is -2.16. The van der Waals surface area contributed by atoms with Gasteiger partial charge in [-0.3, -0.25) is 0 Å². The van der Waals surface area contributed by atoms with Crippen LogP contribution in [0.3, 0.4) is 0 Å². The van der Waals surface area contributed by atoms with Crippen LogP contribution in [-0.4, -0.2) is 19.0 Å². The van der Waals surface area contributed by atoms with Gasteiger partial charge in [-0.2, -0.15) is 0 Å². The quantitative estimate of drug-likeness (QED) is 0.181. The summed E-state index contributed by atoms with van der Waals surface area (Å²) in [7, 11) is 1.41. The zero-order valence-corrected chi connectivity index (χ0v) is 19.4. The van der Waals surface area contributed by atoms with Gasteiger partial charge in [0.05, 0.1) is 8.80 Å². The summed E-state index contributed by atoms with van der Waals surface area (Å²) in [4.78, 5) is 2.76. The highest BCUT2D eigenvalue weighted by Crippen LogP contribution is 2.41. The molecule has 0 nitrogen and oxygen atoms in total. The van der Waals surface area contributed by atoms with Gasteiger partial charge in [0.2, 0.25) is 0 Å². The van der Waals surface area contributed by atoms with Crippen LogP contribution >= 0.6 is 22.3 Å². The lowest BCUT2D eigenvalue weighted by atomic mass is 9.89. The van der Waals surface area contributed by atoms with Gasteiger partial charge in [-0.25, -0.2) is 0 Å². The summed E-state index contributed by atoms with van der Waals surface area (Å²) in [5, 5.41) is 7.62. The van der Waals surface area contributed by atoms with E-state index in [0.29, 0.717) is 0 Å². The predicted octanol–water partition coefficient (Wildman–Crippen LogP) is 7.09. The summed E-state index contributed by atoms with van der Waals surface area (Å²) in [5.41, 5.74) is 2.78. The molecule has 0 bridgehead atoms.